The molecule has 0 aromatic rings. The quantitative estimate of drug-likeness (QED) is 0.694. The smallest absolute Gasteiger partial charge is 0.315 e. The molecule has 1 aliphatic carbocycles. The summed E-state index contributed by atoms with van der Waals surface area (Å²) in [6, 6.07) is -0.391. The highest BCUT2D eigenvalue weighted by molar-refractivity contribution is 5.77. The molecule has 0 spiro atoms. The number of aliphatic carboxylic acids is 1. The summed E-state index contributed by atoms with van der Waals surface area (Å²) in [4.78, 5) is 23.5. The van der Waals surface area contributed by atoms with Gasteiger partial charge in [0.2, 0.25) is 0 Å². The summed E-state index contributed by atoms with van der Waals surface area (Å²) < 4.78 is 5.46. The normalized spacial score (nSPS) is 33.8. The first kappa shape index (κ1) is 16.1. The fourth-order valence-corrected chi connectivity index (χ4v) is 3.30. The first-order valence-electron chi connectivity index (χ1n) is 7.97. The number of hydrogen-bond acceptors (Lipinski definition) is 3. The number of amides is 2. The maximum Gasteiger partial charge on any atom is 0.315 e. The van der Waals surface area contributed by atoms with E-state index in [2.05, 4.69) is 10.6 Å². The second-order valence-corrected chi connectivity index (χ2v) is 6.21. The van der Waals surface area contributed by atoms with Crippen LogP contribution in [0.5, 0.6) is 0 Å². The summed E-state index contributed by atoms with van der Waals surface area (Å²) in [6.45, 7) is 2.66. The molecule has 1 heterocycles. The molecular formula is C15H26N2O4. The molecule has 2 fully saturated rings. The lowest BCUT2D eigenvalue weighted by Gasteiger charge is -2.29. The maximum absolute atomic E-state index is 12.1. The van der Waals surface area contributed by atoms with Gasteiger partial charge in [0.25, 0.3) is 0 Å². The predicted octanol–water partition coefficient (Wildman–Crippen LogP) is 1.89. The van der Waals surface area contributed by atoms with E-state index in [0.717, 1.165) is 38.5 Å². The molecule has 4 unspecified atom stereocenters. The standard InChI is InChI=1S/C15H26N2O4/c1-10-9-11(7-8-21-10)16-15(20)17-13-6-4-2-3-5-12(13)14(18)19/h10-13H,2-9H2,1H3,(H,18,19)(H2,16,17,20). The summed E-state index contributed by atoms with van der Waals surface area (Å²) in [6.07, 6.45) is 6.11. The lowest BCUT2D eigenvalue weighted by Crippen LogP contribution is -2.51. The van der Waals surface area contributed by atoms with E-state index >= 15 is 0 Å². The molecule has 1 aliphatic heterocycles. The van der Waals surface area contributed by atoms with Crippen LogP contribution in [0.1, 0.15) is 51.9 Å². The van der Waals surface area contributed by atoms with Gasteiger partial charge in [-0.05, 0) is 32.6 Å². The van der Waals surface area contributed by atoms with Crippen LogP contribution in [0.25, 0.3) is 0 Å². The van der Waals surface area contributed by atoms with Crippen molar-refractivity contribution in [3.8, 4) is 0 Å². The van der Waals surface area contributed by atoms with Crippen molar-refractivity contribution in [2.24, 2.45) is 5.92 Å². The second-order valence-electron chi connectivity index (χ2n) is 6.21. The Morgan fingerprint density at radius 2 is 1.86 bits per heavy atom. The van der Waals surface area contributed by atoms with Crippen molar-refractivity contribution in [1.29, 1.82) is 0 Å². The number of urea groups is 1. The summed E-state index contributed by atoms with van der Waals surface area (Å²) in [7, 11) is 0. The van der Waals surface area contributed by atoms with Crippen molar-refractivity contribution in [3.63, 3.8) is 0 Å². The molecule has 2 aliphatic rings. The molecule has 0 radical (unpaired) electrons. The number of hydrogen-bond donors (Lipinski definition) is 3. The Hall–Kier alpha value is -1.30. The van der Waals surface area contributed by atoms with Gasteiger partial charge in [0.15, 0.2) is 0 Å². The summed E-state index contributed by atoms with van der Waals surface area (Å²) in [5, 5.41) is 15.1. The zero-order valence-electron chi connectivity index (χ0n) is 12.6. The third-order valence-corrected chi connectivity index (χ3v) is 4.47. The van der Waals surface area contributed by atoms with Gasteiger partial charge in [0, 0.05) is 18.7 Å². The molecule has 120 valence electrons. The van der Waals surface area contributed by atoms with Crippen LogP contribution < -0.4 is 10.6 Å². The fourth-order valence-electron chi connectivity index (χ4n) is 3.30. The highest BCUT2D eigenvalue weighted by Gasteiger charge is 2.31. The Bertz CT molecular complexity index is 375. The van der Waals surface area contributed by atoms with E-state index in [4.69, 9.17) is 4.74 Å². The van der Waals surface area contributed by atoms with E-state index in [9.17, 15) is 14.7 Å². The Morgan fingerprint density at radius 1 is 1.10 bits per heavy atom. The molecule has 6 nitrogen and oxygen atoms in total. The van der Waals surface area contributed by atoms with Gasteiger partial charge in [-0.15, -0.1) is 0 Å². The first-order valence-corrected chi connectivity index (χ1v) is 7.97. The zero-order valence-corrected chi connectivity index (χ0v) is 12.6. The Labute approximate surface area is 125 Å². The van der Waals surface area contributed by atoms with Crippen molar-refractivity contribution in [2.75, 3.05) is 6.61 Å². The molecule has 2 rings (SSSR count). The number of carbonyl (C=O) groups is 2. The van der Waals surface area contributed by atoms with Crippen molar-refractivity contribution < 1.29 is 19.4 Å². The highest BCUT2D eigenvalue weighted by atomic mass is 16.5. The van der Waals surface area contributed by atoms with Crippen LogP contribution in [-0.2, 0) is 9.53 Å². The molecular weight excluding hydrogens is 272 g/mol. The van der Waals surface area contributed by atoms with Crippen molar-refractivity contribution in [3.05, 3.63) is 0 Å². The molecule has 1 saturated heterocycles. The summed E-state index contributed by atoms with van der Waals surface area (Å²) >= 11 is 0. The van der Waals surface area contributed by atoms with Crippen LogP contribution in [0.4, 0.5) is 4.79 Å². The number of carboxylic acids is 1. The number of nitrogens with one attached hydrogen (secondary N) is 2. The Morgan fingerprint density at radius 3 is 2.57 bits per heavy atom. The number of carbonyl (C=O) groups excluding carboxylic acids is 1. The molecule has 0 bridgehead atoms. The third-order valence-electron chi connectivity index (χ3n) is 4.47. The second kappa shape index (κ2) is 7.64. The molecule has 1 saturated carbocycles. The maximum atomic E-state index is 12.1. The van der Waals surface area contributed by atoms with E-state index in [0.29, 0.717) is 13.0 Å². The Balaban J connectivity index is 1.85. The topological polar surface area (TPSA) is 87.7 Å². The van der Waals surface area contributed by atoms with Crippen LogP contribution in [0, 0.1) is 5.92 Å². The lowest BCUT2D eigenvalue weighted by atomic mass is 9.95. The van der Waals surface area contributed by atoms with Gasteiger partial charge in [-0.1, -0.05) is 19.3 Å². The number of carboxylic acid groups (broad SMARTS) is 1. The molecule has 21 heavy (non-hydrogen) atoms. The minimum atomic E-state index is -0.804. The largest absolute Gasteiger partial charge is 0.481 e. The van der Waals surface area contributed by atoms with Gasteiger partial charge in [0.05, 0.1) is 12.0 Å². The van der Waals surface area contributed by atoms with Crippen LogP contribution in [0.2, 0.25) is 0 Å². The molecule has 0 aromatic carbocycles. The average Bonchev–Trinajstić information content (AvgIpc) is 2.64. The predicted molar refractivity (Wildman–Crippen MR) is 78.1 cm³/mol. The van der Waals surface area contributed by atoms with E-state index in [-0.39, 0.29) is 24.2 Å². The fraction of sp³-hybridized carbons (Fsp3) is 0.867. The molecule has 3 N–H and O–H groups in total. The van der Waals surface area contributed by atoms with Gasteiger partial charge >= 0.3 is 12.0 Å². The molecule has 2 amide bonds. The van der Waals surface area contributed by atoms with E-state index < -0.39 is 11.9 Å². The minimum absolute atomic E-state index is 0.114. The van der Waals surface area contributed by atoms with Crippen molar-refractivity contribution in [2.45, 2.75) is 70.1 Å². The number of ether oxygens (including phenoxy) is 1. The summed E-state index contributed by atoms with van der Waals surface area (Å²) in [5.74, 6) is -1.27. The molecule has 4 atom stereocenters. The molecule has 6 heteroatoms. The van der Waals surface area contributed by atoms with Gasteiger partial charge in [-0.3, -0.25) is 4.79 Å². The molecule has 0 aromatic heterocycles. The summed E-state index contributed by atoms with van der Waals surface area (Å²) in [5.41, 5.74) is 0. The van der Waals surface area contributed by atoms with Crippen LogP contribution in [-0.4, -0.2) is 41.9 Å². The van der Waals surface area contributed by atoms with Crippen molar-refractivity contribution >= 4 is 12.0 Å². The van der Waals surface area contributed by atoms with Crippen LogP contribution >= 0.6 is 0 Å². The third kappa shape index (κ3) is 4.88. The number of rotatable bonds is 3. The average molecular weight is 298 g/mol. The van der Waals surface area contributed by atoms with Gasteiger partial charge < -0.3 is 20.5 Å². The van der Waals surface area contributed by atoms with Crippen LogP contribution in [0.3, 0.4) is 0 Å². The monoisotopic (exact) mass is 298 g/mol. The van der Waals surface area contributed by atoms with E-state index in [1.54, 1.807) is 0 Å². The Kier molecular flexibility index (Phi) is 5.85. The zero-order chi connectivity index (χ0) is 15.2. The minimum Gasteiger partial charge on any atom is -0.481 e. The van der Waals surface area contributed by atoms with Crippen molar-refractivity contribution in [1.82, 2.24) is 10.6 Å². The van der Waals surface area contributed by atoms with Gasteiger partial charge in [0.1, 0.15) is 0 Å². The van der Waals surface area contributed by atoms with Gasteiger partial charge in [-0.25, -0.2) is 4.79 Å². The highest BCUT2D eigenvalue weighted by Crippen LogP contribution is 2.24. The van der Waals surface area contributed by atoms with Crippen LogP contribution in [0.15, 0.2) is 0 Å². The SMILES string of the molecule is CC1CC(NC(=O)NC2CCCCCC2C(=O)O)CCO1. The van der Waals surface area contributed by atoms with E-state index in [1.165, 1.54) is 0 Å². The van der Waals surface area contributed by atoms with E-state index in [1.807, 2.05) is 6.92 Å². The first-order chi connectivity index (χ1) is 10.1. The van der Waals surface area contributed by atoms with Gasteiger partial charge in [-0.2, -0.15) is 0 Å². The lowest BCUT2D eigenvalue weighted by molar-refractivity contribution is -0.142.